The minimum Gasteiger partial charge on any atom is -0.481 e. The lowest BCUT2D eigenvalue weighted by molar-refractivity contribution is -0.140. The maximum atomic E-state index is 12.3. The van der Waals surface area contributed by atoms with E-state index in [0.29, 0.717) is 18.4 Å². The summed E-state index contributed by atoms with van der Waals surface area (Å²) in [6.07, 6.45) is 2.09. The van der Waals surface area contributed by atoms with Gasteiger partial charge in [-0.1, -0.05) is 12.1 Å². The van der Waals surface area contributed by atoms with Gasteiger partial charge in [0.05, 0.1) is 10.3 Å². The average Bonchev–Trinajstić information content (AvgIpc) is 3.12. The van der Waals surface area contributed by atoms with Crippen molar-refractivity contribution in [3.8, 4) is 0 Å². The van der Waals surface area contributed by atoms with Crippen molar-refractivity contribution in [2.45, 2.75) is 35.6 Å². The highest BCUT2D eigenvalue weighted by molar-refractivity contribution is 7.99. The molecule has 1 saturated carbocycles. The molecular weight excluding hydrogens is 310 g/mol. The van der Waals surface area contributed by atoms with Gasteiger partial charge in [-0.25, -0.2) is 13.1 Å². The van der Waals surface area contributed by atoms with Crippen molar-refractivity contribution in [3.63, 3.8) is 0 Å². The number of sulfonamides is 1. The molecule has 0 amide bonds. The molecule has 1 aromatic rings. The first kappa shape index (κ1) is 14.9. The van der Waals surface area contributed by atoms with Crippen LogP contribution in [-0.4, -0.2) is 37.0 Å². The number of hydrogen-bond acceptors (Lipinski definition) is 4. The van der Waals surface area contributed by atoms with Gasteiger partial charge in [0.15, 0.2) is 0 Å². The predicted molar refractivity (Wildman–Crippen MR) is 81.0 cm³/mol. The number of nitrogens with one attached hydrogen (secondary N) is 1. The Labute approximate surface area is 128 Å². The van der Waals surface area contributed by atoms with E-state index in [0.717, 1.165) is 17.9 Å². The van der Waals surface area contributed by atoms with Crippen LogP contribution in [0.2, 0.25) is 0 Å². The second kappa shape index (κ2) is 5.30. The van der Waals surface area contributed by atoms with Crippen LogP contribution in [-0.2, 0) is 20.2 Å². The molecule has 1 unspecified atom stereocenters. The van der Waals surface area contributed by atoms with Crippen molar-refractivity contribution < 1.29 is 18.3 Å². The number of hydrogen-bond donors (Lipinski definition) is 2. The van der Waals surface area contributed by atoms with Gasteiger partial charge in [0.25, 0.3) is 0 Å². The average molecular weight is 327 g/mol. The Morgan fingerprint density at radius 3 is 2.43 bits per heavy atom. The lowest BCUT2D eigenvalue weighted by Crippen LogP contribution is -2.34. The van der Waals surface area contributed by atoms with Gasteiger partial charge in [0.2, 0.25) is 10.0 Å². The van der Waals surface area contributed by atoms with Gasteiger partial charge in [0.1, 0.15) is 0 Å². The van der Waals surface area contributed by atoms with Crippen molar-refractivity contribution in [2.24, 2.45) is 0 Å². The zero-order chi connectivity index (χ0) is 15.1. The minimum absolute atomic E-state index is 0.00605. The van der Waals surface area contributed by atoms with E-state index >= 15 is 0 Å². The Hall–Kier alpha value is -1.05. The summed E-state index contributed by atoms with van der Waals surface area (Å²) >= 11 is 1.74. The number of carboxylic acids is 1. The molecule has 1 aromatic carbocycles. The Balaban J connectivity index is 1.79. The van der Waals surface area contributed by atoms with Crippen LogP contribution in [0.4, 0.5) is 0 Å². The fourth-order valence-corrected chi connectivity index (χ4v) is 5.15. The van der Waals surface area contributed by atoms with Gasteiger partial charge in [-0.15, -0.1) is 0 Å². The van der Waals surface area contributed by atoms with Gasteiger partial charge in [0, 0.05) is 11.8 Å². The maximum absolute atomic E-state index is 12.3. The molecule has 0 spiro atoms. The van der Waals surface area contributed by atoms with Crippen LogP contribution in [0.1, 0.15) is 24.8 Å². The first-order valence-corrected chi connectivity index (χ1v) is 9.52. The monoisotopic (exact) mass is 327 g/mol. The number of carbonyl (C=O) groups is 1. The summed E-state index contributed by atoms with van der Waals surface area (Å²) in [7, 11) is -3.52. The van der Waals surface area contributed by atoms with Crippen LogP contribution in [0.3, 0.4) is 0 Å². The third-order valence-corrected chi connectivity index (χ3v) is 6.83. The summed E-state index contributed by atoms with van der Waals surface area (Å²) in [6.45, 7) is 0. The van der Waals surface area contributed by atoms with Crippen molar-refractivity contribution in [3.05, 3.63) is 29.8 Å². The topological polar surface area (TPSA) is 83.5 Å². The number of benzene rings is 1. The summed E-state index contributed by atoms with van der Waals surface area (Å²) in [4.78, 5) is 11.5. The van der Waals surface area contributed by atoms with Crippen molar-refractivity contribution in [2.75, 3.05) is 11.5 Å². The molecule has 1 atom stereocenters. The molecule has 1 saturated heterocycles. The highest BCUT2D eigenvalue weighted by Crippen LogP contribution is 2.48. The van der Waals surface area contributed by atoms with Crippen LogP contribution in [0.5, 0.6) is 0 Å². The van der Waals surface area contributed by atoms with Crippen LogP contribution >= 0.6 is 11.8 Å². The van der Waals surface area contributed by atoms with E-state index in [1.165, 1.54) is 12.1 Å². The third kappa shape index (κ3) is 2.82. The quantitative estimate of drug-likeness (QED) is 0.858. The summed E-state index contributed by atoms with van der Waals surface area (Å²) < 4.78 is 27.2. The van der Waals surface area contributed by atoms with Crippen LogP contribution in [0.25, 0.3) is 0 Å². The summed E-state index contributed by atoms with van der Waals surface area (Å²) in [5.41, 5.74) is -0.108. The second-order valence-electron chi connectivity index (χ2n) is 5.59. The zero-order valence-electron chi connectivity index (χ0n) is 11.4. The normalized spacial score (nSPS) is 23.9. The molecule has 21 heavy (non-hydrogen) atoms. The van der Waals surface area contributed by atoms with E-state index in [4.69, 9.17) is 0 Å². The predicted octanol–water partition coefficient (Wildman–Crippen LogP) is 1.59. The standard InChI is InChI=1S/C14H17NO4S2/c16-13(17)14(6-7-14)10-1-3-12(4-2-10)21(18,19)15-11-5-8-20-9-11/h1-4,11,15H,5-9H2,(H,16,17). The second-order valence-corrected chi connectivity index (χ2v) is 8.46. The first-order chi connectivity index (χ1) is 9.94. The van der Waals surface area contributed by atoms with E-state index in [-0.39, 0.29) is 10.9 Å². The number of carboxylic acid groups (broad SMARTS) is 1. The SMILES string of the molecule is O=C(O)C1(c2ccc(S(=O)(=O)NC3CCSC3)cc2)CC1. The van der Waals surface area contributed by atoms with E-state index < -0.39 is 21.4 Å². The Bertz CT molecular complexity index is 644. The molecule has 1 aliphatic carbocycles. The van der Waals surface area contributed by atoms with Crippen LogP contribution < -0.4 is 4.72 Å². The molecule has 1 aliphatic heterocycles. The highest BCUT2D eigenvalue weighted by atomic mass is 32.2. The van der Waals surface area contributed by atoms with E-state index in [9.17, 15) is 18.3 Å². The Morgan fingerprint density at radius 2 is 1.95 bits per heavy atom. The maximum Gasteiger partial charge on any atom is 0.314 e. The smallest absolute Gasteiger partial charge is 0.314 e. The first-order valence-electron chi connectivity index (χ1n) is 6.88. The number of thioether (sulfide) groups is 1. The Morgan fingerprint density at radius 1 is 1.29 bits per heavy atom. The van der Waals surface area contributed by atoms with E-state index in [1.54, 1.807) is 23.9 Å². The fourth-order valence-electron chi connectivity index (χ4n) is 2.62. The molecule has 2 aliphatic rings. The molecule has 7 heteroatoms. The summed E-state index contributed by atoms with van der Waals surface area (Å²) in [5.74, 6) is 0.950. The van der Waals surface area contributed by atoms with Crippen LogP contribution in [0, 0.1) is 0 Å². The van der Waals surface area contributed by atoms with Gasteiger partial charge in [-0.3, -0.25) is 4.79 Å². The third-order valence-electron chi connectivity index (χ3n) is 4.13. The van der Waals surface area contributed by atoms with E-state index in [1.807, 2.05) is 0 Å². The van der Waals surface area contributed by atoms with Crippen molar-refractivity contribution >= 4 is 27.8 Å². The largest absolute Gasteiger partial charge is 0.481 e. The molecule has 0 bridgehead atoms. The minimum atomic E-state index is -3.52. The van der Waals surface area contributed by atoms with Crippen molar-refractivity contribution in [1.29, 1.82) is 0 Å². The summed E-state index contributed by atoms with van der Waals surface area (Å²) in [5, 5.41) is 9.24. The molecule has 5 nitrogen and oxygen atoms in total. The molecular formula is C14H17NO4S2. The van der Waals surface area contributed by atoms with Gasteiger partial charge < -0.3 is 5.11 Å². The summed E-state index contributed by atoms with van der Waals surface area (Å²) in [6, 6.07) is 6.25. The molecule has 0 aromatic heterocycles. The molecule has 1 heterocycles. The van der Waals surface area contributed by atoms with E-state index in [2.05, 4.69) is 4.72 Å². The molecule has 0 radical (unpaired) electrons. The van der Waals surface area contributed by atoms with Gasteiger partial charge >= 0.3 is 5.97 Å². The number of rotatable bonds is 5. The molecule has 3 rings (SSSR count). The zero-order valence-corrected chi connectivity index (χ0v) is 13.0. The molecule has 2 N–H and O–H groups in total. The van der Waals surface area contributed by atoms with Gasteiger partial charge in [-0.05, 0) is 42.7 Å². The highest BCUT2D eigenvalue weighted by Gasteiger charge is 2.51. The van der Waals surface area contributed by atoms with Crippen molar-refractivity contribution in [1.82, 2.24) is 4.72 Å². The molecule has 2 fully saturated rings. The van der Waals surface area contributed by atoms with Gasteiger partial charge in [-0.2, -0.15) is 11.8 Å². The number of aliphatic carboxylic acids is 1. The lowest BCUT2D eigenvalue weighted by atomic mass is 9.96. The fraction of sp³-hybridized carbons (Fsp3) is 0.500. The van der Waals surface area contributed by atoms with Crippen LogP contribution in [0.15, 0.2) is 29.2 Å². The lowest BCUT2D eigenvalue weighted by Gasteiger charge is -2.14. The Kier molecular flexibility index (Phi) is 3.75. The molecule has 114 valence electrons.